The third-order valence-corrected chi connectivity index (χ3v) is 6.51. The summed E-state index contributed by atoms with van der Waals surface area (Å²) in [5.41, 5.74) is 0. The van der Waals surface area contributed by atoms with Gasteiger partial charge in [-0.25, -0.2) is 4.79 Å². The SMILES string of the molecule is CC[S@](=O)[C@@H]1CCCC[C@H]1NC(=O)N1CCC[C@H](CO)C1. The molecule has 5 nitrogen and oxygen atoms in total. The van der Waals surface area contributed by atoms with Crippen molar-refractivity contribution in [3.8, 4) is 0 Å². The number of carbonyl (C=O) groups is 1. The van der Waals surface area contributed by atoms with Crippen LogP contribution in [0.1, 0.15) is 45.4 Å². The van der Waals surface area contributed by atoms with E-state index in [0.717, 1.165) is 45.1 Å². The van der Waals surface area contributed by atoms with Crippen molar-refractivity contribution in [2.45, 2.75) is 56.7 Å². The number of amides is 2. The fourth-order valence-corrected chi connectivity index (χ4v) is 4.87. The van der Waals surface area contributed by atoms with Crippen molar-refractivity contribution in [1.82, 2.24) is 10.2 Å². The first kappa shape index (κ1) is 16.7. The standard InChI is InChI=1S/C15H28N2O3S/c1-2-21(20)14-8-4-3-7-13(14)16-15(19)17-9-5-6-12(10-17)11-18/h12-14,18H,2-11H2,1H3,(H,16,19)/t12-,13+,14+,21-/m0/s1. The van der Waals surface area contributed by atoms with Gasteiger partial charge in [0, 0.05) is 42.3 Å². The summed E-state index contributed by atoms with van der Waals surface area (Å²) in [6, 6.07) is -0.000288. The van der Waals surface area contributed by atoms with Crippen LogP contribution in [-0.4, -0.2) is 57.0 Å². The van der Waals surface area contributed by atoms with Crippen LogP contribution in [-0.2, 0) is 10.8 Å². The van der Waals surface area contributed by atoms with Crippen LogP contribution in [0.3, 0.4) is 0 Å². The number of aliphatic hydroxyl groups excluding tert-OH is 1. The molecule has 0 spiro atoms. The third-order valence-electron chi connectivity index (χ3n) is 4.70. The van der Waals surface area contributed by atoms with Crippen LogP contribution in [0.2, 0.25) is 0 Å². The van der Waals surface area contributed by atoms with E-state index < -0.39 is 10.8 Å². The number of piperidine rings is 1. The third kappa shape index (κ3) is 4.42. The van der Waals surface area contributed by atoms with Crippen LogP contribution in [0.5, 0.6) is 0 Å². The van der Waals surface area contributed by atoms with Crippen molar-refractivity contribution in [1.29, 1.82) is 0 Å². The van der Waals surface area contributed by atoms with Gasteiger partial charge in [-0.2, -0.15) is 0 Å². The molecule has 0 unspecified atom stereocenters. The van der Waals surface area contributed by atoms with Gasteiger partial charge in [-0.1, -0.05) is 19.8 Å². The number of hydrogen-bond acceptors (Lipinski definition) is 3. The number of nitrogens with zero attached hydrogens (tertiary/aromatic N) is 1. The molecular weight excluding hydrogens is 288 g/mol. The lowest BCUT2D eigenvalue weighted by molar-refractivity contribution is 0.127. The normalized spacial score (nSPS) is 31.7. The molecule has 4 atom stereocenters. The maximum Gasteiger partial charge on any atom is 0.317 e. The first-order valence-electron chi connectivity index (χ1n) is 8.19. The summed E-state index contributed by atoms with van der Waals surface area (Å²) in [6.07, 6.45) is 6.03. The first-order valence-corrected chi connectivity index (χ1v) is 9.57. The molecule has 6 heteroatoms. The minimum absolute atomic E-state index is 0.0431. The largest absolute Gasteiger partial charge is 0.396 e. The van der Waals surface area contributed by atoms with E-state index in [9.17, 15) is 14.1 Å². The lowest BCUT2D eigenvalue weighted by atomic mass is 9.95. The molecule has 2 fully saturated rings. The van der Waals surface area contributed by atoms with Crippen LogP contribution in [0, 0.1) is 5.92 Å². The van der Waals surface area contributed by atoms with Crippen LogP contribution in [0.25, 0.3) is 0 Å². The molecular formula is C15H28N2O3S. The Bertz CT molecular complexity index is 378. The molecule has 0 bridgehead atoms. The zero-order chi connectivity index (χ0) is 15.2. The van der Waals surface area contributed by atoms with E-state index in [4.69, 9.17) is 0 Å². The van der Waals surface area contributed by atoms with Gasteiger partial charge in [0.15, 0.2) is 0 Å². The highest BCUT2D eigenvalue weighted by atomic mass is 32.2. The average Bonchev–Trinajstić information content (AvgIpc) is 2.54. The Morgan fingerprint density at radius 2 is 2.05 bits per heavy atom. The summed E-state index contributed by atoms with van der Waals surface area (Å²) < 4.78 is 12.1. The van der Waals surface area contributed by atoms with Crippen molar-refractivity contribution >= 4 is 16.8 Å². The second-order valence-corrected chi connectivity index (χ2v) is 8.13. The molecule has 1 aliphatic heterocycles. The molecule has 0 aromatic rings. The Kier molecular flexibility index (Phi) is 6.48. The number of likely N-dealkylation sites (tertiary alicyclic amines) is 1. The average molecular weight is 316 g/mol. The number of hydrogen-bond donors (Lipinski definition) is 2. The predicted molar refractivity (Wildman–Crippen MR) is 84.6 cm³/mol. The summed E-state index contributed by atoms with van der Waals surface area (Å²) in [5.74, 6) is 0.865. The van der Waals surface area contributed by atoms with E-state index in [1.165, 1.54) is 0 Å². The van der Waals surface area contributed by atoms with Gasteiger partial charge in [0.05, 0.1) is 5.25 Å². The van der Waals surface area contributed by atoms with E-state index in [2.05, 4.69) is 5.32 Å². The highest BCUT2D eigenvalue weighted by Crippen LogP contribution is 2.24. The van der Waals surface area contributed by atoms with Crippen LogP contribution in [0.4, 0.5) is 4.79 Å². The van der Waals surface area contributed by atoms with E-state index in [-0.39, 0.29) is 29.8 Å². The lowest BCUT2D eigenvalue weighted by Crippen LogP contribution is -2.53. The van der Waals surface area contributed by atoms with E-state index in [1.54, 1.807) is 0 Å². The molecule has 1 saturated heterocycles. The molecule has 0 aromatic heterocycles. The number of rotatable bonds is 4. The maximum atomic E-state index is 12.4. The summed E-state index contributed by atoms with van der Waals surface area (Å²) in [4.78, 5) is 14.2. The van der Waals surface area contributed by atoms with Crippen molar-refractivity contribution in [2.24, 2.45) is 5.92 Å². The van der Waals surface area contributed by atoms with Gasteiger partial charge in [-0.3, -0.25) is 4.21 Å². The maximum absolute atomic E-state index is 12.4. The molecule has 2 N–H and O–H groups in total. The molecule has 2 rings (SSSR count). The molecule has 1 aliphatic carbocycles. The topological polar surface area (TPSA) is 69.6 Å². The molecule has 1 heterocycles. The zero-order valence-electron chi connectivity index (χ0n) is 12.9. The van der Waals surface area contributed by atoms with Crippen LogP contribution < -0.4 is 5.32 Å². The second-order valence-electron chi connectivity index (χ2n) is 6.19. The second kappa shape index (κ2) is 8.13. The molecule has 2 amide bonds. The van der Waals surface area contributed by atoms with Gasteiger partial charge in [-0.05, 0) is 31.6 Å². The van der Waals surface area contributed by atoms with E-state index in [1.807, 2.05) is 11.8 Å². The molecule has 122 valence electrons. The molecule has 1 saturated carbocycles. The Morgan fingerprint density at radius 3 is 2.76 bits per heavy atom. The minimum Gasteiger partial charge on any atom is -0.396 e. The summed E-state index contributed by atoms with van der Waals surface area (Å²) in [7, 11) is -0.847. The van der Waals surface area contributed by atoms with Crippen LogP contribution in [0.15, 0.2) is 0 Å². The van der Waals surface area contributed by atoms with Gasteiger partial charge >= 0.3 is 6.03 Å². The summed E-state index contributed by atoms with van der Waals surface area (Å²) >= 11 is 0. The molecule has 21 heavy (non-hydrogen) atoms. The van der Waals surface area contributed by atoms with Crippen molar-refractivity contribution in [3.63, 3.8) is 0 Å². The zero-order valence-corrected chi connectivity index (χ0v) is 13.7. The smallest absolute Gasteiger partial charge is 0.317 e. The van der Waals surface area contributed by atoms with Gasteiger partial charge in [0.25, 0.3) is 0 Å². The lowest BCUT2D eigenvalue weighted by Gasteiger charge is -2.36. The fraction of sp³-hybridized carbons (Fsp3) is 0.933. The van der Waals surface area contributed by atoms with Gasteiger partial charge in [0.1, 0.15) is 0 Å². The van der Waals surface area contributed by atoms with Gasteiger partial charge in [0.2, 0.25) is 0 Å². The Hall–Kier alpha value is -0.620. The van der Waals surface area contributed by atoms with Crippen molar-refractivity contribution in [2.75, 3.05) is 25.4 Å². The van der Waals surface area contributed by atoms with E-state index in [0.29, 0.717) is 12.3 Å². The first-order chi connectivity index (χ1) is 10.2. The summed E-state index contributed by atoms with van der Waals surface area (Å²) in [5, 5.41) is 12.5. The van der Waals surface area contributed by atoms with Gasteiger partial charge < -0.3 is 15.3 Å². The van der Waals surface area contributed by atoms with E-state index >= 15 is 0 Å². The Morgan fingerprint density at radius 1 is 1.29 bits per heavy atom. The number of nitrogens with one attached hydrogen (secondary N) is 1. The highest BCUT2D eigenvalue weighted by Gasteiger charge is 2.32. The Balaban J connectivity index is 1.92. The van der Waals surface area contributed by atoms with Crippen LogP contribution >= 0.6 is 0 Å². The van der Waals surface area contributed by atoms with Crippen molar-refractivity contribution < 1.29 is 14.1 Å². The molecule has 0 radical (unpaired) electrons. The quantitative estimate of drug-likeness (QED) is 0.825. The highest BCUT2D eigenvalue weighted by molar-refractivity contribution is 7.85. The number of carbonyl (C=O) groups excluding carboxylic acids is 1. The number of urea groups is 1. The van der Waals surface area contributed by atoms with Gasteiger partial charge in [-0.15, -0.1) is 0 Å². The predicted octanol–water partition coefficient (Wildman–Crippen LogP) is 1.48. The minimum atomic E-state index is -0.847. The van der Waals surface area contributed by atoms with Crippen molar-refractivity contribution in [3.05, 3.63) is 0 Å². The monoisotopic (exact) mass is 316 g/mol. The fourth-order valence-electron chi connectivity index (χ4n) is 3.44. The summed E-state index contributed by atoms with van der Waals surface area (Å²) in [6.45, 7) is 3.49. The molecule has 0 aromatic carbocycles. The number of aliphatic hydroxyl groups is 1. The molecule has 2 aliphatic rings. The Labute approximate surface area is 129 Å².